The van der Waals surface area contributed by atoms with Gasteiger partial charge < -0.3 is 5.11 Å². The van der Waals surface area contributed by atoms with Crippen molar-refractivity contribution in [1.29, 1.82) is 0 Å². The lowest BCUT2D eigenvalue weighted by Gasteiger charge is -2.41. The summed E-state index contributed by atoms with van der Waals surface area (Å²) < 4.78 is 0. The van der Waals surface area contributed by atoms with Crippen molar-refractivity contribution >= 4 is 11.8 Å². The summed E-state index contributed by atoms with van der Waals surface area (Å²) in [7, 11) is 0. The van der Waals surface area contributed by atoms with Crippen LogP contribution in [0.3, 0.4) is 0 Å². The normalized spacial score (nSPS) is 21.7. The summed E-state index contributed by atoms with van der Waals surface area (Å²) in [4.78, 5) is 23.8. The van der Waals surface area contributed by atoms with Crippen molar-refractivity contribution in [1.82, 2.24) is 0 Å². The topological polar surface area (TPSA) is 54.4 Å². The molecular formula is C20H30O3. The maximum Gasteiger partial charge on any atom is 0.372 e. The maximum absolute atomic E-state index is 12.4. The number of carbonyl (C=O) groups is 2. The molecule has 0 saturated carbocycles. The predicted octanol–water partition coefficient (Wildman–Crippen LogP) is 4.94. The molecule has 0 saturated heterocycles. The molecule has 1 aliphatic carbocycles. The summed E-state index contributed by atoms with van der Waals surface area (Å²) in [6.07, 6.45) is 4.91. The minimum Gasteiger partial charge on any atom is -0.475 e. The highest BCUT2D eigenvalue weighted by molar-refractivity contribution is 6.34. The molecule has 0 amide bonds. The number of allylic oxidation sites excluding steroid dienone is 5. The van der Waals surface area contributed by atoms with Gasteiger partial charge in [-0.3, -0.25) is 4.79 Å². The van der Waals surface area contributed by atoms with Crippen molar-refractivity contribution in [3.63, 3.8) is 0 Å². The standard InChI is InChI=1S/C20H30O3/c1-8-9-12(2)10-13(3)16-14(4)11-15(5)20(6,7)17(16)18(21)19(22)23/h11,13,17H,2,8-10H2,1,3-7H3,(H,22,23). The Hall–Kier alpha value is -1.64. The lowest BCUT2D eigenvalue weighted by molar-refractivity contribution is -0.152. The molecule has 1 aliphatic rings. The quantitative estimate of drug-likeness (QED) is 0.534. The van der Waals surface area contributed by atoms with Gasteiger partial charge in [-0.2, -0.15) is 0 Å². The molecule has 0 aromatic carbocycles. The molecule has 0 radical (unpaired) electrons. The Morgan fingerprint density at radius 2 is 1.91 bits per heavy atom. The molecule has 0 heterocycles. The van der Waals surface area contributed by atoms with Gasteiger partial charge in [0.05, 0.1) is 5.92 Å². The van der Waals surface area contributed by atoms with Crippen LogP contribution in [-0.2, 0) is 9.59 Å². The number of carboxylic acid groups (broad SMARTS) is 1. The van der Waals surface area contributed by atoms with E-state index in [4.69, 9.17) is 0 Å². The molecule has 1 N–H and O–H groups in total. The van der Waals surface area contributed by atoms with Crippen molar-refractivity contribution in [3.8, 4) is 0 Å². The number of carboxylic acids is 1. The number of carbonyl (C=O) groups excluding carboxylic acids is 1. The predicted molar refractivity (Wildman–Crippen MR) is 94.2 cm³/mol. The van der Waals surface area contributed by atoms with E-state index in [0.29, 0.717) is 0 Å². The molecule has 0 aliphatic heterocycles. The molecule has 0 bridgehead atoms. The van der Waals surface area contributed by atoms with E-state index in [1.54, 1.807) is 0 Å². The third-order valence-corrected chi connectivity index (χ3v) is 5.14. The molecule has 3 heteroatoms. The lowest BCUT2D eigenvalue weighted by Crippen LogP contribution is -2.41. The van der Waals surface area contributed by atoms with Crippen LogP contribution in [-0.4, -0.2) is 16.9 Å². The molecule has 0 spiro atoms. The summed E-state index contributed by atoms with van der Waals surface area (Å²) in [5.41, 5.74) is 3.72. The summed E-state index contributed by atoms with van der Waals surface area (Å²) >= 11 is 0. The van der Waals surface area contributed by atoms with Gasteiger partial charge >= 0.3 is 5.97 Å². The van der Waals surface area contributed by atoms with Gasteiger partial charge in [0.2, 0.25) is 5.78 Å². The van der Waals surface area contributed by atoms with Crippen LogP contribution < -0.4 is 0 Å². The van der Waals surface area contributed by atoms with Crippen molar-refractivity contribution in [2.24, 2.45) is 17.3 Å². The Bertz CT molecular complexity index is 576. The summed E-state index contributed by atoms with van der Waals surface area (Å²) in [5.74, 6) is -2.53. The summed E-state index contributed by atoms with van der Waals surface area (Å²) in [6, 6.07) is 0. The van der Waals surface area contributed by atoms with Crippen LogP contribution in [0.1, 0.15) is 60.8 Å². The van der Waals surface area contributed by atoms with Gasteiger partial charge in [-0.25, -0.2) is 4.79 Å². The Kier molecular flexibility index (Phi) is 6.15. The first-order valence-electron chi connectivity index (χ1n) is 8.37. The van der Waals surface area contributed by atoms with Crippen LogP contribution in [0, 0.1) is 17.3 Å². The van der Waals surface area contributed by atoms with E-state index in [2.05, 4.69) is 26.5 Å². The van der Waals surface area contributed by atoms with Crippen LogP contribution in [0.4, 0.5) is 0 Å². The SMILES string of the molecule is C=C(CCC)CC(C)C1=C(C)C=C(C)C(C)(C)C1C(=O)C(=O)O. The molecule has 0 aromatic heterocycles. The second-order valence-electron chi connectivity index (χ2n) is 7.39. The van der Waals surface area contributed by atoms with E-state index < -0.39 is 23.1 Å². The zero-order valence-corrected chi connectivity index (χ0v) is 15.3. The Balaban J connectivity index is 3.31. The molecule has 23 heavy (non-hydrogen) atoms. The number of hydrogen-bond acceptors (Lipinski definition) is 2. The second-order valence-corrected chi connectivity index (χ2v) is 7.39. The highest BCUT2D eigenvalue weighted by Gasteiger charge is 2.45. The zero-order valence-electron chi connectivity index (χ0n) is 15.3. The van der Waals surface area contributed by atoms with Gasteiger partial charge in [0.15, 0.2) is 0 Å². The number of hydrogen-bond donors (Lipinski definition) is 1. The maximum atomic E-state index is 12.4. The third-order valence-electron chi connectivity index (χ3n) is 5.14. The van der Waals surface area contributed by atoms with Gasteiger partial charge in [0, 0.05) is 0 Å². The van der Waals surface area contributed by atoms with E-state index in [0.717, 1.165) is 41.6 Å². The first-order chi connectivity index (χ1) is 10.5. The van der Waals surface area contributed by atoms with Crippen molar-refractivity contribution < 1.29 is 14.7 Å². The Morgan fingerprint density at radius 1 is 1.35 bits per heavy atom. The molecule has 0 fully saturated rings. The highest BCUT2D eigenvalue weighted by atomic mass is 16.4. The fraction of sp³-hybridized carbons (Fsp3) is 0.600. The van der Waals surface area contributed by atoms with Crippen LogP contribution in [0.25, 0.3) is 0 Å². The largest absolute Gasteiger partial charge is 0.475 e. The molecule has 2 atom stereocenters. The highest BCUT2D eigenvalue weighted by Crippen LogP contribution is 2.48. The van der Waals surface area contributed by atoms with Gasteiger partial charge in [-0.05, 0) is 38.0 Å². The fourth-order valence-corrected chi connectivity index (χ4v) is 3.70. The van der Waals surface area contributed by atoms with Crippen molar-refractivity contribution in [2.45, 2.75) is 60.8 Å². The van der Waals surface area contributed by atoms with E-state index in [1.165, 1.54) is 0 Å². The molecule has 2 unspecified atom stereocenters. The van der Waals surface area contributed by atoms with Gasteiger partial charge in [0.25, 0.3) is 0 Å². The first-order valence-corrected chi connectivity index (χ1v) is 8.37. The van der Waals surface area contributed by atoms with Crippen molar-refractivity contribution in [2.75, 3.05) is 0 Å². The van der Waals surface area contributed by atoms with Gasteiger partial charge in [0.1, 0.15) is 0 Å². The van der Waals surface area contributed by atoms with E-state index in [9.17, 15) is 14.7 Å². The zero-order chi connectivity index (χ0) is 17.9. The minimum atomic E-state index is -1.34. The monoisotopic (exact) mass is 318 g/mol. The fourth-order valence-electron chi connectivity index (χ4n) is 3.70. The average Bonchev–Trinajstić information content (AvgIpc) is 2.41. The Morgan fingerprint density at radius 3 is 2.39 bits per heavy atom. The number of Topliss-reactive ketones (excluding diaryl/α,β-unsaturated/α-hetero) is 1. The van der Waals surface area contributed by atoms with E-state index in [-0.39, 0.29) is 5.92 Å². The van der Waals surface area contributed by atoms with Gasteiger partial charge in [-0.1, -0.05) is 69.1 Å². The lowest BCUT2D eigenvalue weighted by atomic mass is 9.61. The average molecular weight is 318 g/mol. The first kappa shape index (κ1) is 19.4. The van der Waals surface area contributed by atoms with Crippen LogP contribution >= 0.6 is 0 Å². The second kappa shape index (κ2) is 7.29. The number of rotatable bonds is 7. The molecule has 3 nitrogen and oxygen atoms in total. The van der Waals surface area contributed by atoms with Crippen LogP contribution in [0.2, 0.25) is 0 Å². The Labute approximate surface area is 140 Å². The van der Waals surface area contributed by atoms with E-state index in [1.807, 2.05) is 27.7 Å². The number of ketones is 1. The van der Waals surface area contributed by atoms with Crippen LogP contribution in [0.5, 0.6) is 0 Å². The summed E-state index contributed by atoms with van der Waals surface area (Å²) in [5, 5.41) is 9.30. The van der Waals surface area contributed by atoms with Crippen molar-refractivity contribution in [3.05, 3.63) is 34.9 Å². The van der Waals surface area contributed by atoms with Crippen LogP contribution in [0.15, 0.2) is 34.9 Å². The minimum absolute atomic E-state index is 0.117. The molecular weight excluding hydrogens is 288 g/mol. The van der Waals surface area contributed by atoms with E-state index >= 15 is 0 Å². The molecule has 128 valence electrons. The molecule has 0 aromatic rings. The number of aliphatic carboxylic acids is 1. The summed E-state index contributed by atoms with van der Waals surface area (Å²) in [6.45, 7) is 16.2. The smallest absolute Gasteiger partial charge is 0.372 e. The third kappa shape index (κ3) is 4.01. The molecule has 1 rings (SSSR count). The van der Waals surface area contributed by atoms with Gasteiger partial charge in [-0.15, -0.1) is 0 Å².